The van der Waals surface area contributed by atoms with Crippen LogP contribution >= 0.6 is 27.3 Å². The van der Waals surface area contributed by atoms with Crippen molar-refractivity contribution in [3.63, 3.8) is 0 Å². The molecule has 0 atom stereocenters. The van der Waals surface area contributed by atoms with Crippen molar-refractivity contribution in [1.82, 2.24) is 14.6 Å². The Kier molecular flexibility index (Phi) is 5.27. The fraction of sp³-hybridized carbons (Fsp3) is 0.333. The molecule has 0 fully saturated rings. The van der Waals surface area contributed by atoms with Crippen LogP contribution in [0.25, 0.3) is 5.82 Å². The van der Waals surface area contributed by atoms with E-state index in [1.807, 2.05) is 55.5 Å². The Morgan fingerprint density at radius 2 is 2.08 bits per heavy atom. The third-order valence-corrected chi connectivity index (χ3v) is 5.65. The molecule has 0 unspecified atom stereocenters. The predicted molar refractivity (Wildman–Crippen MR) is 103 cm³/mol. The van der Waals surface area contributed by atoms with Gasteiger partial charge in [0.15, 0.2) is 11.6 Å². The molecule has 0 aliphatic carbocycles. The van der Waals surface area contributed by atoms with Crippen LogP contribution in [0.2, 0.25) is 0 Å². The summed E-state index contributed by atoms with van der Waals surface area (Å²) in [4.78, 5) is 16.0. The van der Waals surface area contributed by atoms with Crippen LogP contribution < -0.4 is 0 Å². The van der Waals surface area contributed by atoms with Gasteiger partial charge in [-0.2, -0.15) is 0 Å². The zero-order chi connectivity index (χ0) is 18.1. The number of ketones is 1. The molecule has 0 bridgehead atoms. The zero-order valence-corrected chi connectivity index (χ0v) is 17.1. The molecule has 3 aromatic rings. The summed E-state index contributed by atoms with van der Waals surface area (Å²) in [7, 11) is 1.96. The van der Waals surface area contributed by atoms with Crippen LogP contribution in [0.3, 0.4) is 0 Å². The monoisotopic (exact) mass is 421 g/mol. The van der Waals surface area contributed by atoms with E-state index in [1.165, 1.54) is 4.88 Å². The molecule has 0 saturated carbocycles. The molecule has 0 amide bonds. The standard InChI is InChI=1S/C18H20BrN3O2S/c1-11-7-15(13(3)22(11)18-8-12(2)24-20-18)16(23)10-21(4)9-14-5-6-17(19)25-14/h5-8H,9-10H2,1-4H3. The highest BCUT2D eigenvalue weighted by Crippen LogP contribution is 2.24. The summed E-state index contributed by atoms with van der Waals surface area (Å²) in [6.07, 6.45) is 0. The Labute approximate surface area is 159 Å². The minimum Gasteiger partial charge on any atom is -0.360 e. The first-order valence-electron chi connectivity index (χ1n) is 7.93. The molecule has 0 aliphatic rings. The van der Waals surface area contributed by atoms with Crippen molar-refractivity contribution in [3.05, 3.63) is 55.6 Å². The first-order valence-corrected chi connectivity index (χ1v) is 9.54. The molecule has 7 heteroatoms. The van der Waals surface area contributed by atoms with Gasteiger partial charge in [-0.25, -0.2) is 0 Å². The number of aromatic nitrogens is 2. The SMILES string of the molecule is Cc1cc(-n2c(C)cc(C(=O)CN(C)Cc3ccc(Br)s3)c2C)no1. The number of Topliss-reactive ketones (excluding diaryl/α,β-unsaturated/α-hetero) is 1. The van der Waals surface area contributed by atoms with Gasteiger partial charge in [-0.15, -0.1) is 11.3 Å². The Bertz CT molecular complexity index is 909. The van der Waals surface area contributed by atoms with E-state index in [1.54, 1.807) is 11.3 Å². The largest absolute Gasteiger partial charge is 0.360 e. The van der Waals surface area contributed by atoms with Crippen molar-refractivity contribution in [2.75, 3.05) is 13.6 Å². The van der Waals surface area contributed by atoms with E-state index in [9.17, 15) is 4.79 Å². The maximum absolute atomic E-state index is 12.8. The molecule has 0 aliphatic heterocycles. The van der Waals surface area contributed by atoms with Crippen LogP contribution in [0.15, 0.2) is 32.6 Å². The average Bonchev–Trinajstić information content (AvgIpc) is 3.20. The normalized spacial score (nSPS) is 11.4. The molecule has 0 saturated heterocycles. The van der Waals surface area contributed by atoms with Gasteiger partial charge in [0, 0.05) is 34.4 Å². The molecule has 0 aromatic carbocycles. The topological polar surface area (TPSA) is 51.3 Å². The highest BCUT2D eigenvalue weighted by molar-refractivity contribution is 9.11. The first-order chi connectivity index (χ1) is 11.8. The fourth-order valence-corrected chi connectivity index (χ4v) is 4.51. The highest BCUT2D eigenvalue weighted by Gasteiger charge is 2.19. The minimum atomic E-state index is 0.109. The molecule has 3 aromatic heterocycles. The number of rotatable bonds is 6. The first kappa shape index (κ1) is 18.1. The van der Waals surface area contributed by atoms with Gasteiger partial charge in [0.1, 0.15) is 5.76 Å². The average molecular weight is 422 g/mol. The summed E-state index contributed by atoms with van der Waals surface area (Å²) in [5.41, 5.74) is 2.60. The molecule has 3 heterocycles. The predicted octanol–water partition coefficient (Wildman–Crippen LogP) is 4.53. The third-order valence-electron chi connectivity index (χ3n) is 4.04. The van der Waals surface area contributed by atoms with Crippen LogP contribution in [-0.2, 0) is 6.54 Å². The quantitative estimate of drug-likeness (QED) is 0.548. The number of carbonyl (C=O) groups is 1. The van der Waals surface area contributed by atoms with Crippen molar-refractivity contribution in [2.45, 2.75) is 27.3 Å². The summed E-state index contributed by atoms with van der Waals surface area (Å²) in [5, 5.41) is 4.06. The van der Waals surface area contributed by atoms with Gasteiger partial charge in [0.25, 0.3) is 0 Å². The molecule has 3 rings (SSSR count). The number of nitrogens with zero attached hydrogens (tertiary/aromatic N) is 3. The summed E-state index contributed by atoms with van der Waals surface area (Å²) in [6.45, 7) is 6.90. The number of likely N-dealkylation sites (N-methyl/N-ethyl adjacent to an activating group) is 1. The van der Waals surface area contributed by atoms with Crippen molar-refractivity contribution < 1.29 is 9.32 Å². The number of hydrogen-bond donors (Lipinski definition) is 0. The van der Waals surface area contributed by atoms with E-state index in [0.29, 0.717) is 12.4 Å². The minimum absolute atomic E-state index is 0.109. The van der Waals surface area contributed by atoms with Crippen LogP contribution in [0.4, 0.5) is 0 Å². The second kappa shape index (κ2) is 7.27. The summed E-state index contributed by atoms with van der Waals surface area (Å²) in [6, 6.07) is 7.91. The lowest BCUT2D eigenvalue weighted by Gasteiger charge is -2.14. The second-order valence-corrected chi connectivity index (χ2v) is 8.76. The molecular weight excluding hydrogens is 402 g/mol. The van der Waals surface area contributed by atoms with Crippen molar-refractivity contribution in [3.8, 4) is 5.82 Å². The number of halogens is 1. The van der Waals surface area contributed by atoms with Gasteiger partial charge < -0.3 is 4.52 Å². The summed E-state index contributed by atoms with van der Waals surface area (Å²) >= 11 is 5.16. The second-order valence-electron chi connectivity index (χ2n) is 6.22. The Morgan fingerprint density at radius 1 is 1.32 bits per heavy atom. The Hall–Kier alpha value is -1.70. The molecule has 132 valence electrons. The van der Waals surface area contributed by atoms with E-state index < -0.39 is 0 Å². The molecule has 5 nitrogen and oxygen atoms in total. The Morgan fingerprint density at radius 3 is 2.68 bits per heavy atom. The lowest BCUT2D eigenvalue weighted by Crippen LogP contribution is -2.25. The lowest BCUT2D eigenvalue weighted by atomic mass is 10.1. The van der Waals surface area contributed by atoms with Crippen LogP contribution in [0.1, 0.15) is 32.4 Å². The van der Waals surface area contributed by atoms with Gasteiger partial charge in [0.05, 0.1) is 10.3 Å². The molecular formula is C18H20BrN3O2S. The molecule has 0 spiro atoms. The van der Waals surface area contributed by atoms with Crippen molar-refractivity contribution >= 4 is 33.0 Å². The van der Waals surface area contributed by atoms with Gasteiger partial charge in [-0.05, 0) is 61.9 Å². The maximum atomic E-state index is 12.8. The van der Waals surface area contributed by atoms with Gasteiger partial charge in [-0.3, -0.25) is 14.3 Å². The van der Waals surface area contributed by atoms with E-state index in [2.05, 4.69) is 27.2 Å². The summed E-state index contributed by atoms with van der Waals surface area (Å²) in [5.74, 6) is 1.57. The maximum Gasteiger partial charge on any atom is 0.180 e. The lowest BCUT2D eigenvalue weighted by molar-refractivity contribution is 0.0943. The third kappa shape index (κ3) is 3.94. The van der Waals surface area contributed by atoms with E-state index in [4.69, 9.17) is 4.52 Å². The number of thiophene rings is 1. The van der Waals surface area contributed by atoms with Crippen molar-refractivity contribution in [1.29, 1.82) is 0 Å². The molecule has 0 N–H and O–H groups in total. The highest BCUT2D eigenvalue weighted by atomic mass is 79.9. The van der Waals surface area contributed by atoms with Gasteiger partial charge in [0.2, 0.25) is 0 Å². The molecule has 0 radical (unpaired) electrons. The van der Waals surface area contributed by atoms with Crippen LogP contribution in [-0.4, -0.2) is 34.0 Å². The van der Waals surface area contributed by atoms with Crippen LogP contribution in [0, 0.1) is 20.8 Å². The molecule has 25 heavy (non-hydrogen) atoms. The number of hydrogen-bond acceptors (Lipinski definition) is 5. The van der Waals surface area contributed by atoms with Gasteiger partial charge >= 0.3 is 0 Å². The van der Waals surface area contributed by atoms with E-state index in [-0.39, 0.29) is 5.78 Å². The van der Waals surface area contributed by atoms with Gasteiger partial charge in [-0.1, -0.05) is 5.16 Å². The number of carbonyl (C=O) groups excluding carboxylic acids is 1. The summed E-state index contributed by atoms with van der Waals surface area (Å²) < 4.78 is 8.23. The number of aryl methyl sites for hydroxylation is 2. The van der Waals surface area contributed by atoms with Crippen molar-refractivity contribution in [2.24, 2.45) is 0 Å². The van der Waals surface area contributed by atoms with E-state index in [0.717, 1.165) is 33.0 Å². The zero-order valence-electron chi connectivity index (χ0n) is 14.7. The van der Waals surface area contributed by atoms with Crippen LogP contribution in [0.5, 0.6) is 0 Å². The van der Waals surface area contributed by atoms with E-state index >= 15 is 0 Å². The smallest absolute Gasteiger partial charge is 0.180 e. The Balaban J connectivity index is 1.76. The fourth-order valence-electron chi connectivity index (χ4n) is 2.95.